The second-order valence-corrected chi connectivity index (χ2v) is 5.96. The number of benzene rings is 2. The van der Waals surface area contributed by atoms with E-state index in [1.54, 1.807) is 31.3 Å². The predicted octanol–water partition coefficient (Wildman–Crippen LogP) is 2.88. The zero-order valence-corrected chi connectivity index (χ0v) is 14.6. The lowest BCUT2D eigenvalue weighted by atomic mass is 9.99. The van der Waals surface area contributed by atoms with Gasteiger partial charge in [0.05, 0.1) is 17.8 Å². The number of carboxylic acids is 1. The molecule has 6 nitrogen and oxygen atoms in total. The minimum absolute atomic E-state index is 0.278. The van der Waals surface area contributed by atoms with Crippen molar-refractivity contribution in [2.45, 2.75) is 13.3 Å². The van der Waals surface area contributed by atoms with Crippen molar-refractivity contribution in [1.82, 2.24) is 9.78 Å². The standard InChI is InChI=1S/C20H19N3O3/c1-13-8-9-15(17(10-13)21-2)16-11-19(24)23(14-6-4-3-5-7-14)22-18(16)12-20(25)26/h3-11,21H,12H2,1-2H3,(H,25,26). The fourth-order valence-electron chi connectivity index (χ4n) is 2.85. The lowest BCUT2D eigenvalue weighted by molar-refractivity contribution is -0.136. The van der Waals surface area contributed by atoms with Gasteiger partial charge in [-0.25, -0.2) is 0 Å². The number of rotatable bonds is 5. The molecule has 0 radical (unpaired) electrons. The van der Waals surface area contributed by atoms with Crippen LogP contribution < -0.4 is 10.9 Å². The predicted molar refractivity (Wildman–Crippen MR) is 101 cm³/mol. The molecule has 0 saturated heterocycles. The van der Waals surface area contributed by atoms with Gasteiger partial charge in [0, 0.05) is 29.9 Å². The van der Waals surface area contributed by atoms with E-state index in [1.807, 2.05) is 31.2 Å². The first kappa shape index (κ1) is 17.4. The van der Waals surface area contributed by atoms with Crippen molar-refractivity contribution in [1.29, 1.82) is 0 Å². The molecule has 0 saturated carbocycles. The quantitative estimate of drug-likeness (QED) is 0.740. The van der Waals surface area contributed by atoms with Crippen molar-refractivity contribution in [2.75, 3.05) is 12.4 Å². The van der Waals surface area contributed by atoms with E-state index in [1.165, 1.54) is 10.7 Å². The zero-order valence-electron chi connectivity index (χ0n) is 14.6. The van der Waals surface area contributed by atoms with Crippen LogP contribution in [0.1, 0.15) is 11.3 Å². The van der Waals surface area contributed by atoms with Crippen LogP contribution in [0.2, 0.25) is 0 Å². The van der Waals surface area contributed by atoms with Gasteiger partial charge < -0.3 is 10.4 Å². The smallest absolute Gasteiger partial charge is 0.309 e. The molecule has 1 aromatic heterocycles. The minimum Gasteiger partial charge on any atom is -0.481 e. The van der Waals surface area contributed by atoms with Crippen molar-refractivity contribution in [3.05, 3.63) is 76.2 Å². The molecule has 0 aliphatic heterocycles. The van der Waals surface area contributed by atoms with Crippen LogP contribution in [0.3, 0.4) is 0 Å². The van der Waals surface area contributed by atoms with Crippen LogP contribution in [0.5, 0.6) is 0 Å². The van der Waals surface area contributed by atoms with Gasteiger partial charge in [-0.2, -0.15) is 9.78 Å². The highest BCUT2D eigenvalue weighted by Gasteiger charge is 2.17. The lowest BCUT2D eigenvalue weighted by Gasteiger charge is -2.15. The van der Waals surface area contributed by atoms with Gasteiger partial charge in [-0.15, -0.1) is 0 Å². The van der Waals surface area contributed by atoms with Crippen LogP contribution in [-0.4, -0.2) is 27.9 Å². The van der Waals surface area contributed by atoms with Crippen molar-refractivity contribution < 1.29 is 9.90 Å². The van der Waals surface area contributed by atoms with Crippen LogP contribution >= 0.6 is 0 Å². The van der Waals surface area contributed by atoms with E-state index in [2.05, 4.69) is 10.4 Å². The van der Waals surface area contributed by atoms with Gasteiger partial charge in [0.15, 0.2) is 0 Å². The van der Waals surface area contributed by atoms with Crippen LogP contribution in [0.15, 0.2) is 59.4 Å². The van der Waals surface area contributed by atoms with E-state index in [4.69, 9.17) is 0 Å². The number of nitrogens with zero attached hydrogens (tertiary/aromatic N) is 2. The maximum Gasteiger partial charge on any atom is 0.309 e. The molecule has 0 atom stereocenters. The van der Waals surface area contributed by atoms with Crippen LogP contribution in [0.25, 0.3) is 16.8 Å². The van der Waals surface area contributed by atoms with Gasteiger partial charge in [0.1, 0.15) is 0 Å². The largest absolute Gasteiger partial charge is 0.481 e. The summed E-state index contributed by atoms with van der Waals surface area (Å²) >= 11 is 0. The van der Waals surface area contributed by atoms with Crippen LogP contribution in [-0.2, 0) is 11.2 Å². The molecule has 0 amide bonds. The van der Waals surface area contributed by atoms with Crippen molar-refractivity contribution in [3.8, 4) is 16.8 Å². The summed E-state index contributed by atoms with van der Waals surface area (Å²) < 4.78 is 1.23. The first-order chi connectivity index (χ1) is 12.5. The number of hydrogen-bond donors (Lipinski definition) is 2. The SMILES string of the molecule is CNc1cc(C)ccc1-c1cc(=O)n(-c2ccccc2)nc1CC(=O)O. The Balaban J connectivity index is 2.24. The molecule has 0 spiro atoms. The fourth-order valence-corrected chi connectivity index (χ4v) is 2.85. The Kier molecular flexibility index (Phi) is 4.84. The van der Waals surface area contributed by atoms with Gasteiger partial charge >= 0.3 is 5.97 Å². The summed E-state index contributed by atoms with van der Waals surface area (Å²) in [6, 6.07) is 16.1. The topological polar surface area (TPSA) is 84.2 Å². The normalized spacial score (nSPS) is 10.5. The van der Waals surface area contributed by atoms with E-state index in [-0.39, 0.29) is 12.0 Å². The Morgan fingerprint density at radius 2 is 1.85 bits per heavy atom. The molecule has 6 heteroatoms. The van der Waals surface area contributed by atoms with Crippen molar-refractivity contribution in [3.63, 3.8) is 0 Å². The van der Waals surface area contributed by atoms with Crippen LogP contribution in [0.4, 0.5) is 5.69 Å². The second kappa shape index (κ2) is 7.23. The average Bonchev–Trinajstić information content (AvgIpc) is 2.63. The first-order valence-electron chi connectivity index (χ1n) is 8.19. The minimum atomic E-state index is -1.00. The number of nitrogens with one attached hydrogen (secondary N) is 1. The Morgan fingerprint density at radius 3 is 2.50 bits per heavy atom. The summed E-state index contributed by atoms with van der Waals surface area (Å²) in [5.41, 5.74) is 3.75. The third-order valence-electron chi connectivity index (χ3n) is 4.06. The summed E-state index contributed by atoms with van der Waals surface area (Å²) in [6.45, 7) is 1.97. The number of aromatic nitrogens is 2. The van der Waals surface area contributed by atoms with E-state index in [9.17, 15) is 14.7 Å². The highest BCUT2D eigenvalue weighted by Crippen LogP contribution is 2.30. The third kappa shape index (κ3) is 3.49. The molecule has 3 aromatic rings. The Hall–Kier alpha value is -3.41. The van der Waals surface area contributed by atoms with E-state index in [0.717, 1.165) is 16.8 Å². The summed E-state index contributed by atoms with van der Waals surface area (Å²) in [6.07, 6.45) is -0.278. The number of carboxylic acid groups (broad SMARTS) is 1. The van der Waals surface area contributed by atoms with Gasteiger partial charge in [0.25, 0.3) is 5.56 Å². The highest BCUT2D eigenvalue weighted by molar-refractivity contribution is 5.82. The van der Waals surface area contributed by atoms with Gasteiger partial charge in [-0.1, -0.05) is 30.3 Å². The number of carbonyl (C=O) groups is 1. The van der Waals surface area contributed by atoms with E-state index < -0.39 is 5.97 Å². The highest BCUT2D eigenvalue weighted by atomic mass is 16.4. The molecular weight excluding hydrogens is 330 g/mol. The molecule has 0 bridgehead atoms. The molecule has 2 aromatic carbocycles. The molecule has 0 fully saturated rings. The monoisotopic (exact) mass is 349 g/mol. The van der Waals surface area contributed by atoms with Gasteiger partial charge in [0.2, 0.25) is 0 Å². The summed E-state index contributed by atoms with van der Waals surface area (Å²) in [5.74, 6) is -1.00. The molecule has 3 rings (SSSR count). The summed E-state index contributed by atoms with van der Waals surface area (Å²) in [5, 5.41) is 16.7. The number of aryl methyl sites for hydroxylation is 1. The molecular formula is C20H19N3O3. The molecule has 0 unspecified atom stereocenters. The van der Waals surface area contributed by atoms with E-state index >= 15 is 0 Å². The zero-order chi connectivity index (χ0) is 18.7. The maximum absolute atomic E-state index is 12.7. The Labute approximate surface area is 150 Å². The molecule has 1 heterocycles. The Morgan fingerprint density at radius 1 is 1.12 bits per heavy atom. The molecule has 2 N–H and O–H groups in total. The van der Waals surface area contributed by atoms with Gasteiger partial charge in [-0.3, -0.25) is 9.59 Å². The molecule has 132 valence electrons. The lowest BCUT2D eigenvalue weighted by Crippen LogP contribution is -2.23. The third-order valence-corrected chi connectivity index (χ3v) is 4.06. The van der Waals surface area contributed by atoms with Crippen molar-refractivity contribution >= 4 is 11.7 Å². The number of para-hydroxylation sites is 1. The molecule has 0 aliphatic carbocycles. The molecule has 26 heavy (non-hydrogen) atoms. The number of aliphatic carboxylic acids is 1. The molecule has 0 aliphatic rings. The number of hydrogen-bond acceptors (Lipinski definition) is 4. The Bertz CT molecular complexity index is 1010. The average molecular weight is 349 g/mol. The van der Waals surface area contributed by atoms with Crippen molar-refractivity contribution in [2.24, 2.45) is 0 Å². The maximum atomic E-state index is 12.7. The summed E-state index contributed by atoms with van der Waals surface area (Å²) in [4.78, 5) is 24.0. The first-order valence-corrected chi connectivity index (χ1v) is 8.19. The number of anilines is 1. The fraction of sp³-hybridized carbons (Fsp3) is 0.150. The summed E-state index contributed by atoms with van der Waals surface area (Å²) in [7, 11) is 1.79. The van der Waals surface area contributed by atoms with Crippen LogP contribution in [0, 0.1) is 6.92 Å². The second-order valence-electron chi connectivity index (χ2n) is 5.96. The van der Waals surface area contributed by atoms with Gasteiger partial charge in [-0.05, 0) is 30.7 Å². The van der Waals surface area contributed by atoms with E-state index in [0.29, 0.717) is 16.9 Å².